The van der Waals surface area contributed by atoms with Crippen LogP contribution in [0.2, 0.25) is 0 Å². The smallest absolute Gasteiger partial charge is 0.333 e. The number of hydrogen-bond donors (Lipinski definition) is 5. The van der Waals surface area contributed by atoms with Crippen LogP contribution < -0.4 is 25.6 Å². The zero-order valence-electron chi connectivity index (χ0n) is 18.3. The Morgan fingerprint density at radius 1 is 0.882 bits per heavy atom. The molecule has 1 aromatic heterocycles. The molecule has 0 aliphatic heterocycles. The summed E-state index contributed by atoms with van der Waals surface area (Å²) in [5, 5.41) is 20.3. The van der Waals surface area contributed by atoms with Gasteiger partial charge in [0.1, 0.15) is 18.9 Å². The molecule has 0 radical (unpaired) electrons. The van der Waals surface area contributed by atoms with Crippen molar-refractivity contribution in [2.24, 2.45) is 0 Å². The molecule has 0 saturated carbocycles. The normalized spacial score (nSPS) is 11.2. The molecule has 3 aromatic rings. The molecule has 2 aromatic carbocycles. The fourth-order valence-electron chi connectivity index (χ4n) is 2.74. The van der Waals surface area contributed by atoms with Gasteiger partial charge in [-0.1, -0.05) is 60.7 Å². The Morgan fingerprint density at radius 2 is 1.47 bits per heavy atom. The molecule has 0 aliphatic carbocycles. The molecule has 0 saturated heterocycles. The van der Waals surface area contributed by atoms with Gasteiger partial charge in [0.15, 0.2) is 11.5 Å². The van der Waals surface area contributed by atoms with E-state index in [2.05, 4.69) is 21.2 Å². The van der Waals surface area contributed by atoms with Crippen LogP contribution in [0.25, 0.3) is 0 Å². The number of aliphatic hydroxyl groups excluding tert-OH is 2. The molecule has 178 valence electrons. The van der Waals surface area contributed by atoms with Crippen LogP contribution in [0.3, 0.4) is 0 Å². The topological polar surface area (TPSA) is 142 Å². The van der Waals surface area contributed by atoms with Gasteiger partial charge in [-0.15, -0.1) is 0 Å². The van der Waals surface area contributed by atoms with Crippen LogP contribution in [-0.4, -0.2) is 46.4 Å². The van der Waals surface area contributed by atoms with Crippen LogP contribution in [0, 0.1) is 0 Å². The summed E-state index contributed by atoms with van der Waals surface area (Å²) in [6.45, 7) is -0.138. The van der Waals surface area contributed by atoms with Crippen molar-refractivity contribution in [3.05, 3.63) is 89.7 Å². The molecule has 0 fully saturated rings. The molecule has 3 amide bonds. The Kier molecular flexibility index (Phi) is 9.20. The van der Waals surface area contributed by atoms with E-state index in [-0.39, 0.29) is 25.5 Å². The van der Waals surface area contributed by atoms with Crippen LogP contribution in [0.5, 0.6) is 11.5 Å². The van der Waals surface area contributed by atoms with Crippen molar-refractivity contribution >= 4 is 11.9 Å². The van der Waals surface area contributed by atoms with Crippen LogP contribution >= 0.6 is 0 Å². The minimum atomic E-state index is -1.10. The lowest BCUT2D eigenvalue weighted by Gasteiger charge is -2.14. The quantitative estimate of drug-likeness (QED) is 0.285. The zero-order valence-corrected chi connectivity index (χ0v) is 18.3. The highest BCUT2D eigenvalue weighted by Gasteiger charge is 2.15. The number of rotatable bonds is 10. The Bertz CT molecular complexity index is 1070. The second-order valence-electron chi connectivity index (χ2n) is 7.19. The molecule has 0 aliphatic rings. The van der Waals surface area contributed by atoms with E-state index in [0.29, 0.717) is 11.5 Å². The van der Waals surface area contributed by atoms with Gasteiger partial charge in [-0.2, -0.15) is 0 Å². The van der Waals surface area contributed by atoms with Crippen molar-refractivity contribution in [1.29, 1.82) is 0 Å². The number of nitrogens with one attached hydrogen (secondary N) is 3. The maximum atomic E-state index is 12.5. The van der Waals surface area contributed by atoms with Gasteiger partial charge in [-0.25, -0.2) is 15.2 Å². The van der Waals surface area contributed by atoms with Crippen LogP contribution in [0.15, 0.2) is 72.9 Å². The van der Waals surface area contributed by atoms with E-state index in [4.69, 9.17) is 14.6 Å². The predicted molar refractivity (Wildman–Crippen MR) is 123 cm³/mol. The molecule has 10 nitrogen and oxygen atoms in total. The Morgan fingerprint density at radius 3 is 2.06 bits per heavy atom. The minimum Gasteiger partial charge on any atom is -0.485 e. The number of ether oxygens (including phenoxy) is 2. The van der Waals surface area contributed by atoms with Gasteiger partial charge < -0.3 is 25.0 Å². The second-order valence-corrected chi connectivity index (χ2v) is 7.19. The number of amides is 3. The van der Waals surface area contributed by atoms with Gasteiger partial charge in [-0.05, 0) is 11.1 Å². The first-order chi connectivity index (χ1) is 16.5. The number of benzene rings is 2. The number of hydrazine groups is 1. The highest BCUT2D eigenvalue weighted by molar-refractivity contribution is 5.94. The lowest BCUT2D eigenvalue weighted by atomic mass is 10.2. The van der Waals surface area contributed by atoms with Crippen LogP contribution in [0.1, 0.15) is 21.6 Å². The summed E-state index contributed by atoms with van der Waals surface area (Å²) in [6.07, 6.45) is 0.284. The summed E-state index contributed by atoms with van der Waals surface area (Å²) in [7, 11) is 0. The fraction of sp³-hybridized carbons (Fsp3) is 0.208. The minimum absolute atomic E-state index is 0.00850. The zero-order chi connectivity index (χ0) is 24.2. The summed E-state index contributed by atoms with van der Waals surface area (Å²) in [5.41, 5.74) is 6.24. The van der Waals surface area contributed by atoms with E-state index in [1.54, 1.807) is 0 Å². The van der Waals surface area contributed by atoms with Crippen molar-refractivity contribution in [2.45, 2.75) is 19.3 Å². The molecule has 1 heterocycles. The molecular weight excluding hydrogens is 440 g/mol. The van der Waals surface area contributed by atoms with Crippen molar-refractivity contribution in [2.75, 3.05) is 13.2 Å². The first kappa shape index (κ1) is 24.5. The van der Waals surface area contributed by atoms with Gasteiger partial charge in [0, 0.05) is 12.6 Å². The standard InChI is InChI=1S/C24H26N4O6/c29-14-19(30)12-26-24(32)28-27-23(31)20-11-21(33-15-17-7-3-1-4-8-17)22(13-25-20)34-16-18-9-5-2-6-10-18/h1-11,13,19,29-30H,12,14-16H2,(H,27,31)(H2,26,28,32). The monoisotopic (exact) mass is 466 g/mol. The first-order valence-corrected chi connectivity index (χ1v) is 10.5. The third-order valence-corrected chi connectivity index (χ3v) is 4.54. The molecular formula is C24H26N4O6. The first-order valence-electron chi connectivity index (χ1n) is 10.5. The SMILES string of the molecule is O=C(NCC(O)CO)NNC(=O)c1cc(OCc2ccccc2)c(OCc2ccccc2)cn1. The third kappa shape index (κ3) is 7.76. The number of hydrogen-bond acceptors (Lipinski definition) is 7. The Labute approximate surface area is 196 Å². The lowest BCUT2D eigenvalue weighted by Crippen LogP contribution is -2.49. The van der Waals surface area contributed by atoms with E-state index in [1.165, 1.54) is 12.3 Å². The van der Waals surface area contributed by atoms with E-state index in [1.807, 2.05) is 60.7 Å². The van der Waals surface area contributed by atoms with Gasteiger partial charge in [0.2, 0.25) is 0 Å². The number of aliphatic hydroxyl groups is 2. The van der Waals surface area contributed by atoms with E-state index < -0.39 is 24.6 Å². The largest absolute Gasteiger partial charge is 0.485 e. The maximum Gasteiger partial charge on any atom is 0.333 e. The van der Waals surface area contributed by atoms with E-state index >= 15 is 0 Å². The molecule has 34 heavy (non-hydrogen) atoms. The number of aromatic nitrogens is 1. The van der Waals surface area contributed by atoms with Gasteiger partial charge >= 0.3 is 6.03 Å². The summed E-state index contributed by atoms with van der Waals surface area (Å²) in [4.78, 5) is 28.3. The fourth-order valence-corrected chi connectivity index (χ4v) is 2.74. The number of carbonyl (C=O) groups is 2. The maximum absolute atomic E-state index is 12.5. The Balaban J connectivity index is 1.66. The van der Waals surface area contributed by atoms with Crippen molar-refractivity contribution in [3.8, 4) is 11.5 Å². The van der Waals surface area contributed by atoms with Crippen molar-refractivity contribution in [1.82, 2.24) is 21.2 Å². The van der Waals surface area contributed by atoms with Crippen LogP contribution in [-0.2, 0) is 13.2 Å². The van der Waals surface area contributed by atoms with Gasteiger partial charge in [0.25, 0.3) is 5.91 Å². The average Bonchev–Trinajstić information content (AvgIpc) is 2.89. The molecule has 0 spiro atoms. The highest BCUT2D eigenvalue weighted by Crippen LogP contribution is 2.28. The van der Waals surface area contributed by atoms with Gasteiger partial charge in [0.05, 0.1) is 18.9 Å². The summed E-state index contributed by atoms with van der Waals surface area (Å²) in [5.74, 6) is -0.00694. The summed E-state index contributed by atoms with van der Waals surface area (Å²) >= 11 is 0. The molecule has 1 atom stereocenters. The summed E-state index contributed by atoms with van der Waals surface area (Å²) < 4.78 is 11.8. The number of urea groups is 1. The van der Waals surface area contributed by atoms with E-state index in [0.717, 1.165) is 11.1 Å². The second kappa shape index (κ2) is 12.8. The van der Waals surface area contributed by atoms with Crippen molar-refractivity contribution in [3.63, 3.8) is 0 Å². The molecule has 3 rings (SSSR count). The summed E-state index contributed by atoms with van der Waals surface area (Å²) in [6, 6.07) is 19.8. The highest BCUT2D eigenvalue weighted by atomic mass is 16.5. The molecule has 0 bridgehead atoms. The average molecular weight is 466 g/mol. The van der Waals surface area contributed by atoms with Crippen LogP contribution in [0.4, 0.5) is 4.79 Å². The molecule has 10 heteroatoms. The van der Waals surface area contributed by atoms with Crippen molar-refractivity contribution < 1.29 is 29.3 Å². The van der Waals surface area contributed by atoms with E-state index in [9.17, 15) is 14.7 Å². The molecule has 5 N–H and O–H groups in total. The molecule has 1 unspecified atom stereocenters. The third-order valence-electron chi connectivity index (χ3n) is 4.54. The number of nitrogens with zero attached hydrogens (tertiary/aromatic N) is 1. The lowest BCUT2D eigenvalue weighted by molar-refractivity contribution is 0.0916. The Hall–Kier alpha value is -4.15. The predicted octanol–water partition coefficient (Wildman–Crippen LogP) is 1.54. The number of pyridine rings is 1. The van der Waals surface area contributed by atoms with Gasteiger partial charge in [-0.3, -0.25) is 10.2 Å². The number of carbonyl (C=O) groups excluding carboxylic acids is 2.